The topological polar surface area (TPSA) is 43.1 Å². The molecule has 0 amide bonds. The van der Waals surface area contributed by atoms with Crippen LogP contribution in [0.2, 0.25) is 0 Å². The Morgan fingerprint density at radius 2 is 2.33 bits per heavy atom. The van der Waals surface area contributed by atoms with Crippen molar-refractivity contribution in [3.63, 3.8) is 0 Å². The smallest absolute Gasteiger partial charge is 0.258 e. The van der Waals surface area contributed by atoms with Gasteiger partial charge in [-0.2, -0.15) is 0 Å². The first-order chi connectivity index (χ1) is 5.81. The molecule has 12 heavy (non-hydrogen) atoms. The number of hydrogen-bond acceptors (Lipinski definition) is 3. The van der Waals surface area contributed by atoms with Crippen LogP contribution in [0.4, 0.5) is 0 Å². The van der Waals surface area contributed by atoms with Crippen molar-refractivity contribution >= 4 is 40.0 Å². The van der Waals surface area contributed by atoms with Gasteiger partial charge in [0.1, 0.15) is 5.52 Å². The molecular weight excluding hydrogens is 269 g/mol. The van der Waals surface area contributed by atoms with Gasteiger partial charge in [-0.15, -0.1) is 0 Å². The average Bonchev–Trinajstić information content (AvgIpc) is 2.44. The number of hydrogen-bond donors (Lipinski definition) is 0. The van der Waals surface area contributed by atoms with Gasteiger partial charge in [-0.05, 0) is 12.1 Å². The number of carbonyl (C=O) groups excluding carboxylic acids is 1. The lowest BCUT2D eigenvalue weighted by Gasteiger charge is -1.88. The molecule has 0 bridgehead atoms. The van der Waals surface area contributed by atoms with Crippen LogP contribution < -0.4 is 0 Å². The van der Waals surface area contributed by atoms with Crippen LogP contribution >= 0.6 is 22.6 Å². The summed E-state index contributed by atoms with van der Waals surface area (Å²) in [5.74, 6) is 0. The van der Waals surface area contributed by atoms with Gasteiger partial charge in [0, 0.05) is 22.6 Å². The Morgan fingerprint density at radius 3 is 3.08 bits per heavy atom. The SMILES string of the molecule is O=Cc1cccc2nc(I)oc12. The van der Waals surface area contributed by atoms with Crippen LogP contribution in [0, 0.1) is 3.90 Å². The van der Waals surface area contributed by atoms with E-state index in [1.165, 1.54) is 0 Å². The highest BCUT2D eigenvalue weighted by atomic mass is 127. The van der Waals surface area contributed by atoms with E-state index in [9.17, 15) is 4.79 Å². The third-order valence-corrected chi connectivity index (χ3v) is 2.01. The summed E-state index contributed by atoms with van der Waals surface area (Å²) < 4.78 is 5.79. The van der Waals surface area contributed by atoms with Crippen LogP contribution in [0.3, 0.4) is 0 Å². The molecule has 0 aliphatic heterocycles. The van der Waals surface area contributed by atoms with E-state index in [1.807, 2.05) is 28.7 Å². The van der Waals surface area contributed by atoms with E-state index in [0.717, 1.165) is 11.8 Å². The molecule has 1 heterocycles. The lowest BCUT2D eigenvalue weighted by molar-refractivity contribution is 0.112. The number of aromatic nitrogens is 1. The van der Waals surface area contributed by atoms with Gasteiger partial charge < -0.3 is 4.42 Å². The van der Waals surface area contributed by atoms with Crippen molar-refractivity contribution in [2.75, 3.05) is 0 Å². The van der Waals surface area contributed by atoms with Crippen molar-refractivity contribution in [2.45, 2.75) is 0 Å². The first-order valence-electron chi connectivity index (χ1n) is 3.31. The van der Waals surface area contributed by atoms with Crippen molar-refractivity contribution in [1.82, 2.24) is 4.98 Å². The fourth-order valence-corrected chi connectivity index (χ4v) is 1.52. The summed E-state index contributed by atoms with van der Waals surface area (Å²) in [4.78, 5) is 14.6. The number of fused-ring (bicyclic) bond motifs is 1. The maximum atomic E-state index is 10.5. The number of rotatable bonds is 1. The monoisotopic (exact) mass is 273 g/mol. The van der Waals surface area contributed by atoms with Gasteiger partial charge >= 0.3 is 0 Å². The van der Waals surface area contributed by atoms with Crippen molar-refractivity contribution in [3.05, 3.63) is 27.7 Å². The van der Waals surface area contributed by atoms with Crippen LogP contribution in [-0.4, -0.2) is 11.3 Å². The molecule has 0 fully saturated rings. The van der Waals surface area contributed by atoms with Gasteiger partial charge in [-0.25, -0.2) is 4.98 Å². The van der Waals surface area contributed by atoms with Crippen LogP contribution in [-0.2, 0) is 0 Å². The zero-order valence-electron chi connectivity index (χ0n) is 5.95. The van der Waals surface area contributed by atoms with E-state index in [0.29, 0.717) is 15.0 Å². The number of nitrogens with zero attached hydrogens (tertiary/aromatic N) is 1. The van der Waals surface area contributed by atoms with E-state index >= 15 is 0 Å². The molecular formula is C8H4INO2. The lowest BCUT2D eigenvalue weighted by Crippen LogP contribution is -1.78. The summed E-state index contributed by atoms with van der Waals surface area (Å²) >= 11 is 1.97. The number of carbonyl (C=O) groups is 1. The molecule has 0 N–H and O–H groups in total. The van der Waals surface area contributed by atoms with Crippen molar-refractivity contribution in [1.29, 1.82) is 0 Å². The number of oxazole rings is 1. The Balaban J connectivity index is 2.86. The molecule has 0 unspecified atom stereocenters. The minimum Gasteiger partial charge on any atom is -0.431 e. The van der Waals surface area contributed by atoms with E-state index in [-0.39, 0.29) is 0 Å². The van der Waals surface area contributed by atoms with Crippen LogP contribution in [0.1, 0.15) is 10.4 Å². The Hall–Kier alpha value is -0.910. The molecule has 0 saturated carbocycles. The van der Waals surface area contributed by atoms with Crippen LogP contribution in [0.5, 0.6) is 0 Å². The predicted octanol–water partition coefficient (Wildman–Crippen LogP) is 2.24. The number of para-hydroxylation sites is 1. The van der Waals surface area contributed by atoms with Crippen molar-refractivity contribution < 1.29 is 9.21 Å². The maximum Gasteiger partial charge on any atom is 0.258 e. The summed E-state index contributed by atoms with van der Waals surface area (Å²) in [6.07, 6.45) is 0.767. The summed E-state index contributed by atoms with van der Waals surface area (Å²) in [5.41, 5.74) is 1.84. The second-order valence-electron chi connectivity index (χ2n) is 2.28. The molecule has 0 aliphatic rings. The first-order valence-corrected chi connectivity index (χ1v) is 4.39. The standard InChI is InChI=1S/C8H4INO2/c9-8-10-6-3-1-2-5(4-11)7(6)12-8/h1-4H. The molecule has 0 atom stereocenters. The highest BCUT2D eigenvalue weighted by Gasteiger charge is 2.06. The summed E-state index contributed by atoms with van der Waals surface area (Å²) in [6, 6.07) is 5.30. The van der Waals surface area contributed by atoms with Crippen LogP contribution in [0.25, 0.3) is 11.1 Å². The predicted molar refractivity (Wildman–Crippen MR) is 52.1 cm³/mol. The maximum absolute atomic E-state index is 10.5. The first kappa shape index (κ1) is 7.72. The second kappa shape index (κ2) is 2.85. The van der Waals surface area contributed by atoms with Gasteiger partial charge in [0.2, 0.25) is 0 Å². The molecule has 0 aliphatic carbocycles. The highest BCUT2D eigenvalue weighted by molar-refractivity contribution is 14.1. The van der Waals surface area contributed by atoms with E-state index < -0.39 is 0 Å². The Labute approximate surface area is 81.9 Å². The Bertz CT molecular complexity index is 436. The van der Waals surface area contributed by atoms with E-state index in [2.05, 4.69) is 4.98 Å². The normalized spacial score (nSPS) is 10.4. The quantitative estimate of drug-likeness (QED) is 0.591. The van der Waals surface area contributed by atoms with Gasteiger partial charge in [0.15, 0.2) is 11.9 Å². The minimum atomic E-state index is 0.544. The molecule has 60 valence electrons. The van der Waals surface area contributed by atoms with Gasteiger partial charge in [0.05, 0.1) is 5.56 Å². The van der Waals surface area contributed by atoms with Gasteiger partial charge in [-0.1, -0.05) is 6.07 Å². The Morgan fingerprint density at radius 1 is 1.50 bits per heavy atom. The molecule has 0 radical (unpaired) electrons. The summed E-state index contributed by atoms with van der Waals surface area (Å²) in [5, 5.41) is 0. The molecule has 2 aromatic rings. The summed E-state index contributed by atoms with van der Waals surface area (Å²) in [6.45, 7) is 0. The Kier molecular flexibility index (Phi) is 1.84. The molecule has 4 heteroatoms. The molecule has 1 aromatic heterocycles. The van der Waals surface area contributed by atoms with Gasteiger partial charge in [0.25, 0.3) is 3.90 Å². The van der Waals surface area contributed by atoms with E-state index in [4.69, 9.17) is 4.42 Å². The number of halogens is 1. The fourth-order valence-electron chi connectivity index (χ4n) is 1.04. The largest absolute Gasteiger partial charge is 0.431 e. The number of benzene rings is 1. The van der Waals surface area contributed by atoms with Crippen LogP contribution in [0.15, 0.2) is 22.6 Å². The van der Waals surface area contributed by atoms with Crippen molar-refractivity contribution in [2.24, 2.45) is 0 Å². The third-order valence-electron chi connectivity index (χ3n) is 1.55. The second-order valence-corrected chi connectivity index (χ2v) is 3.20. The minimum absolute atomic E-state index is 0.544. The highest BCUT2D eigenvalue weighted by Crippen LogP contribution is 2.19. The van der Waals surface area contributed by atoms with Gasteiger partial charge in [-0.3, -0.25) is 4.79 Å². The lowest BCUT2D eigenvalue weighted by atomic mass is 10.2. The molecule has 1 aromatic carbocycles. The molecule has 0 spiro atoms. The average molecular weight is 273 g/mol. The molecule has 0 saturated heterocycles. The van der Waals surface area contributed by atoms with Crippen molar-refractivity contribution in [3.8, 4) is 0 Å². The zero-order chi connectivity index (χ0) is 8.55. The molecule has 2 rings (SSSR count). The van der Waals surface area contributed by atoms with E-state index in [1.54, 1.807) is 12.1 Å². The fraction of sp³-hybridized carbons (Fsp3) is 0. The third kappa shape index (κ3) is 1.12. The molecule has 3 nitrogen and oxygen atoms in total. The summed E-state index contributed by atoms with van der Waals surface area (Å²) in [7, 11) is 0. The zero-order valence-corrected chi connectivity index (χ0v) is 8.11. The number of aldehydes is 1.